The average Bonchev–Trinajstić information content (AvgIpc) is 2.33. The maximum atomic E-state index is 13.1. The summed E-state index contributed by atoms with van der Waals surface area (Å²) in [6.07, 6.45) is 0. The summed E-state index contributed by atoms with van der Waals surface area (Å²) >= 11 is 5.57. The van der Waals surface area contributed by atoms with Crippen LogP contribution in [0.5, 0.6) is 5.75 Å². The molecule has 0 heterocycles. The predicted molar refractivity (Wildman–Crippen MR) is 66.6 cm³/mol. The highest BCUT2D eigenvalue weighted by atomic mass is 35.5. The smallest absolute Gasteiger partial charge is 0.145 e. The number of hydrogen-bond donors (Lipinski definition) is 1. The second-order valence-corrected chi connectivity index (χ2v) is 4.01. The second-order valence-electron chi connectivity index (χ2n) is 3.61. The molecule has 0 aromatic heterocycles. The first-order chi connectivity index (χ1) is 8.15. The Balaban J connectivity index is 2.02. The highest BCUT2D eigenvalue weighted by Crippen LogP contribution is 2.21. The molecule has 0 amide bonds. The summed E-state index contributed by atoms with van der Waals surface area (Å²) in [5.41, 5.74) is 7.23. The predicted octanol–water partition coefficient (Wildman–Crippen LogP) is 3.64. The van der Waals surface area contributed by atoms with Crippen molar-refractivity contribution < 1.29 is 9.13 Å². The topological polar surface area (TPSA) is 35.2 Å². The summed E-state index contributed by atoms with van der Waals surface area (Å²) in [6.45, 7) is 0.362. The zero-order chi connectivity index (χ0) is 12.3. The third kappa shape index (κ3) is 3.11. The van der Waals surface area contributed by atoms with E-state index in [0.717, 1.165) is 5.56 Å². The van der Waals surface area contributed by atoms with Gasteiger partial charge in [0.15, 0.2) is 0 Å². The number of nitrogens with two attached hydrogens (primary N) is 1. The lowest BCUT2D eigenvalue weighted by molar-refractivity contribution is 0.304. The Labute approximate surface area is 104 Å². The molecule has 2 aromatic rings. The van der Waals surface area contributed by atoms with Gasteiger partial charge in [-0.1, -0.05) is 23.7 Å². The molecule has 0 atom stereocenters. The highest BCUT2D eigenvalue weighted by molar-refractivity contribution is 6.30. The van der Waals surface area contributed by atoms with Gasteiger partial charge in [0.2, 0.25) is 0 Å². The molecule has 4 heteroatoms. The number of hydrogen-bond acceptors (Lipinski definition) is 2. The Morgan fingerprint density at radius 2 is 1.82 bits per heavy atom. The van der Waals surface area contributed by atoms with E-state index in [1.54, 1.807) is 18.2 Å². The number of anilines is 1. The fraction of sp³-hybridized carbons (Fsp3) is 0.0769. The highest BCUT2D eigenvalue weighted by Gasteiger charge is 2.02. The summed E-state index contributed by atoms with van der Waals surface area (Å²) in [5, 5.41) is 0.0878. The molecule has 2 nitrogen and oxygen atoms in total. The van der Waals surface area contributed by atoms with Gasteiger partial charge in [0.05, 0.1) is 5.02 Å². The Morgan fingerprint density at radius 1 is 1.12 bits per heavy atom. The van der Waals surface area contributed by atoms with Gasteiger partial charge in [-0.3, -0.25) is 0 Å². The largest absolute Gasteiger partial charge is 0.489 e. The third-order valence-electron chi connectivity index (χ3n) is 2.28. The minimum Gasteiger partial charge on any atom is -0.489 e. The standard InChI is InChI=1S/C13H11ClFNO/c14-12-6-5-11(7-13(12)15)17-8-9-1-3-10(16)4-2-9/h1-7H,8,16H2. The number of ether oxygens (including phenoxy) is 1. The van der Waals surface area contributed by atoms with Gasteiger partial charge in [-0.2, -0.15) is 0 Å². The second kappa shape index (κ2) is 5.06. The minimum absolute atomic E-state index is 0.0878. The molecule has 0 bridgehead atoms. The van der Waals surface area contributed by atoms with Crippen molar-refractivity contribution in [2.45, 2.75) is 6.61 Å². The molecule has 17 heavy (non-hydrogen) atoms. The Kier molecular flexibility index (Phi) is 3.49. The number of benzene rings is 2. The van der Waals surface area contributed by atoms with E-state index in [2.05, 4.69) is 0 Å². The summed E-state index contributed by atoms with van der Waals surface area (Å²) < 4.78 is 18.6. The van der Waals surface area contributed by atoms with Crippen molar-refractivity contribution in [3.63, 3.8) is 0 Å². The van der Waals surface area contributed by atoms with Crippen molar-refractivity contribution in [2.24, 2.45) is 0 Å². The zero-order valence-corrected chi connectivity index (χ0v) is 9.75. The maximum absolute atomic E-state index is 13.1. The van der Waals surface area contributed by atoms with Crippen LogP contribution in [-0.2, 0) is 6.61 Å². The molecule has 2 aromatic carbocycles. The van der Waals surface area contributed by atoms with Gasteiger partial charge in [-0.25, -0.2) is 4.39 Å². The lowest BCUT2D eigenvalue weighted by atomic mass is 10.2. The molecule has 0 saturated carbocycles. The molecule has 0 aliphatic carbocycles. The van der Waals surface area contributed by atoms with Gasteiger partial charge < -0.3 is 10.5 Å². The van der Waals surface area contributed by atoms with Crippen LogP contribution in [0.15, 0.2) is 42.5 Å². The van der Waals surface area contributed by atoms with E-state index in [-0.39, 0.29) is 5.02 Å². The lowest BCUT2D eigenvalue weighted by Crippen LogP contribution is -1.96. The summed E-state index contributed by atoms with van der Waals surface area (Å²) in [6, 6.07) is 11.7. The van der Waals surface area contributed by atoms with Crippen LogP contribution in [0.25, 0.3) is 0 Å². The van der Waals surface area contributed by atoms with Gasteiger partial charge in [-0.15, -0.1) is 0 Å². The first kappa shape index (κ1) is 11.7. The molecule has 88 valence electrons. The first-order valence-corrected chi connectivity index (χ1v) is 5.45. The van der Waals surface area contributed by atoms with E-state index < -0.39 is 5.82 Å². The fourth-order valence-corrected chi connectivity index (χ4v) is 1.46. The van der Waals surface area contributed by atoms with E-state index in [4.69, 9.17) is 22.1 Å². The van der Waals surface area contributed by atoms with Crippen molar-refractivity contribution in [1.29, 1.82) is 0 Å². The summed E-state index contributed by atoms with van der Waals surface area (Å²) in [4.78, 5) is 0. The van der Waals surface area contributed by atoms with Crippen molar-refractivity contribution in [2.75, 3.05) is 5.73 Å². The van der Waals surface area contributed by atoms with Gasteiger partial charge in [0.25, 0.3) is 0 Å². The zero-order valence-electron chi connectivity index (χ0n) is 8.99. The van der Waals surface area contributed by atoms with Crippen LogP contribution in [0.4, 0.5) is 10.1 Å². The van der Waals surface area contributed by atoms with E-state index in [9.17, 15) is 4.39 Å². The van der Waals surface area contributed by atoms with Crippen LogP contribution < -0.4 is 10.5 Å². The van der Waals surface area contributed by atoms with Crippen molar-refractivity contribution >= 4 is 17.3 Å². The molecule has 2 rings (SSSR count). The molecule has 0 aliphatic heterocycles. The summed E-state index contributed by atoms with van der Waals surface area (Å²) in [7, 11) is 0. The van der Waals surface area contributed by atoms with E-state index >= 15 is 0 Å². The molecule has 0 fully saturated rings. The average molecular weight is 252 g/mol. The minimum atomic E-state index is -0.485. The van der Waals surface area contributed by atoms with Crippen LogP contribution in [0.2, 0.25) is 5.02 Å². The lowest BCUT2D eigenvalue weighted by Gasteiger charge is -2.07. The molecular weight excluding hydrogens is 241 g/mol. The molecular formula is C13H11ClFNO. The molecule has 0 unspecified atom stereocenters. The molecule has 2 N–H and O–H groups in total. The molecule has 0 saturated heterocycles. The van der Waals surface area contributed by atoms with E-state index in [1.165, 1.54) is 12.1 Å². The van der Waals surface area contributed by atoms with Crippen molar-refractivity contribution in [1.82, 2.24) is 0 Å². The van der Waals surface area contributed by atoms with E-state index in [0.29, 0.717) is 18.0 Å². The van der Waals surface area contributed by atoms with Gasteiger partial charge >= 0.3 is 0 Å². The van der Waals surface area contributed by atoms with Crippen molar-refractivity contribution in [3.05, 3.63) is 58.9 Å². The number of nitrogen functional groups attached to an aromatic ring is 1. The Bertz CT molecular complexity index is 513. The van der Waals surface area contributed by atoms with Crippen molar-refractivity contribution in [3.8, 4) is 5.75 Å². The molecule has 0 aliphatic rings. The van der Waals surface area contributed by atoms with Crippen LogP contribution in [0.3, 0.4) is 0 Å². The monoisotopic (exact) mass is 251 g/mol. The fourth-order valence-electron chi connectivity index (χ4n) is 1.35. The molecule has 0 spiro atoms. The first-order valence-electron chi connectivity index (χ1n) is 5.07. The van der Waals surface area contributed by atoms with Crippen LogP contribution in [-0.4, -0.2) is 0 Å². The maximum Gasteiger partial charge on any atom is 0.145 e. The molecule has 0 radical (unpaired) electrons. The van der Waals surface area contributed by atoms with Gasteiger partial charge in [0.1, 0.15) is 18.2 Å². The number of rotatable bonds is 3. The van der Waals surface area contributed by atoms with Crippen LogP contribution in [0, 0.1) is 5.82 Å². The summed E-state index contributed by atoms with van der Waals surface area (Å²) in [5.74, 6) is -0.0369. The Hall–Kier alpha value is -1.74. The van der Waals surface area contributed by atoms with Gasteiger partial charge in [-0.05, 0) is 29.8 Å². The van der Waals surface area contributed by atoms with Crippen LogP contribution >= 0.6 is 11.6 Å². The third-order valence-corrected chi connectivity index (χ3v) is 2.58. The Morgan fingerprint density at radius 3 is 2.47 bits per heavy atom. The number of halogens is 2. The van der Waals surface area contributed by atoms with Gasteiger partial charge in [0, 0.05) is 11.8 Å². The SMILES string of the molecule is Nc1ccc(COc2ccc(Cl)c(F)c2)cc1. The van der Waals surface area contributed by atoms with E-state index in [1.807, 2.05) is 12.1 Å². The van der Waals surface area contributed by atoms with Crippen LogP contribution in [0.1, 0.15) is 5.56 Å². The quantitative estimate of drug-likeness (QED) is 0.846. The normalized spacial score (nSPS) is 10.2.